The zero-order valence-electron chi connectivity index (χ0n) is 4.83. The number of carbonyl (C=O) groups is 1. The van der Waals surface area contributed by atoms with Crippen LogP contribution in [0, 0.1) is 0 Å². The summed E-state index contributed by atoms with van der Waals surface area (Å²) < 4.78 is 18.4. The minimum atomic E-state index is -2.02. The minimum absolute atomic E-state index is 0. The van der Waals surface area contributed by atoms with Crippen LogP contribution >= 0.6 is 0 Å². The molecular weight excluding hydrogens is 151 g/mol. The van der Waals surface area contributed by atoms with Gasteiger partial charge in [0.1, 0.15) is 6.26 Å². The number of hydrogen-bond donors (Lipinski definition) is 0. The van der Waals surface area contributed by atoms with Gasteiger partial charge in [-0.2, -0.15) is 4.21 Å². The molecule has 1 atom stereocenters. The maximum atomic E-state index is 10.2. The summed E-state index contributed by atoms with van der Waals surface area (Å²) >= 11 is -2.02. The normalized spacial score (nSPS) is 10.5. The van der Waals surface area contributed by atoms with Gasteiger partial charge in [-0.1, -0.05) is 6.58 Å². The Bertz CT molecular complexity index is 146. The Morgan fingerprint density at radius 1 is 1.70 bits per heavy atom. The van der Waals surface area contributed by atoms with Gasteiger partial charge in [-0.3, -0.25) is 4.79 Å². The van der Waals surface area contributed by atoms with Crippen LogP contribution in [0.3, 0.4) is 0 Å². The molecule has 0 aromatic carbocycles. The molecule has 0 saturated heterocycles. The molecule has 0 aliphatic rings. The van der Waals surface area contributed by atoms with Crippen molar-refractivity contribution < 1.29 is 17.4 Å². The van der Waals surface area contributed by atoms with Gasteiger partial charge in [-0.25, -0.2) is 0 Å². The van der Waals surface area contributed by atoms with E-state index in [0.29, 0.717) is 0 Å². The molecule has 1 unspecified atom stereocenters. The number of rotatable bonds is 3. The Kier molecular flexibility index (Phi) is 8.54. The van der Waals surface area contributed by atoms with Crippen molar-refractivity contribution in [2.24, 2.45) is 0 Å². The summed E-state index contributed by atoms with van der Waals surface area (Å²) in [5.74, 6) is -0.657. The molecule has 10 heavy (non-hydrogen) atoms. The average molecular weight is 158 g/mol. The SMILES string of the molecule is C=COS(=O)OC(C)=O.[LiH]. The Balaban J connectivity index is 0. The van der Waals surface area contributed by atoms with Gasteiger partial charge in [-0.15, -0.1) is 0 Å². The van der Waals surface area contributed by atoms with Crippen molar-refractivity contribution >= 4 is 36.2 Å². The molecule has 0 heterocycles. The quantitative estimate of drug-likeness (QED) is 0.415. The van der Waals surface area contributed by atoms with Crippen LogP contribution in [0.25, 0.3) is 0 Å². The first kappa shape index (κ1) is 12.4. The second-order valence-electron chi connectivity index (χ2n) is 1.04. The van der Waals surface area contributed by atoms with E-state index >= 15 is 0 Å². The third kappa shape index (κ3) is 7.76. The van der Waals surface area contributed by atoms with Gasteiger partial charge in [0.25, 0.3) is 0 Å². The van der Waals surface area contributed by atoms with Crippen LogP contribution in [0.15, 0.2) is 12.8 Å². The molecule has 0 amide bonds. The van der Waals surface area contributed by atoms with Crippen LogP contribution in [0.5, 0.6) is 0 Å². The van der Waals surface area contributed by atoms with Crippen LogP contribution in [0.2, 0.25) is 0 Å². The first-order valence-electron chi connectivity index (χ1n) is 2.05. The molecule has 54 valence electrons. The van der Waals surface area contributed by atoms with Crippen molar-refractivity contribution in [3.05, 3.63) is 12.8 Å². The maximum absolute atomic E-state index is 10.2. The fraction of sp³-hybridized carbons (Fsp3) is 0.250. The number of hydrogen-bond acceptors (Lipinski definition) is 4. The standard InChI is InChI=1S/C4H6O4S.Li.H/c1-3-7-9(6)8-4(2)5;;/h3H,1H2,2H3;;. The van der Waals surface area contributed by atoms with E-state index in [1.165, 1.54) is 0 Å². The van der Waals surface area contributed by atoms with Gasteiger partial charge < -0.3 is 8.37 Å². The van der Waals surface area contributed by atoms with Crippen LogP contribution in [-0.4, -0.2) is 29.0 Å². The van der Waals surface area contributed by atoms with E-state index in [0.717, 1.165) is 13.2 Å². The van der Waals surface area contributed by atoms with E-state index in [9.17, 15) is 9.00 Å². The first-order chi connectivity index (χ1) is 4.16. The Hall–Kier alpha value is -0.243. The Labute approximate surface area is 73.6 Å². The zero-order valence-corrected chi connectivity index (χ0v) is 5.64. The van der Waals surface area contributed by atoms with Gasteiger partial charge >= 0.3 is 36.2 Å². The van der Waals surface area contributed by atoms with E-state index in [1.807, 2.05) is 0 Å². The van der Waals surface area contributed by atoms with E-state index in [1.54, 1.807) is 0 Å². The molecule has 0 spiro atoms. The van der Waals surface area contributed by atoms with Gasteiger partial charge in [0.05, 0.1) is 0 Å². The molecule has 0 fully saturated rings. The molecule has 0 aromatic heterocycles. The Morgan fingerprint density at radius 2 is 2.20 bits per heavy atom. The van der Waals surface area contributed by atoms with Gasteiger partial charge in [-0.05, 0) is 0 Å². The molecule has 0 N–H and O–H groups in total. The van der Waals surface area contributed by atoms with Crippen molar-refractivity contribution in [2.75, 3.05) is 0 Å². The molecule has 0 aliphatic heterocycles. The van der Waals surface area contributed by atoms with E-state index < -0.39 is 17.3 Å². The summed E-state index contributed by atoms with van der Waals surface area (Å²) in [6, 6.07) is 0. The molecule has 6 heteroatoms. The fourth-order valence-corrected chi connectivity index (χ4v) is 0.513. The van der Waals surface area contributed by atoms with E-state index in [4.69, 9.17) is 0 Å². The van der Waals surface area contributed by atoms with Crippen molar-refractivity contribution in [3.63, 3.8) is 0 Å². The van der Waals surface area contributed by atoms with Crippen molar-refractivity contribution in [3.8, 4) is 0 Å². The summed E-state index contributed by atoms with van der Waals surface area (Å²) in [6.07, 6.45) is 0.930. The van der Waals surface area contributed by atoms with Crippen molar-refractivity contribution in [1.29, 1.82) is 0 Å². The third-order valence-corrected chi connectivity index (χ3v) is 0.996. The second kappa shape index (κ2) is 6.87. The van der Waals surface area contributed by atoms with Crippen LogP contribution < -0.4 is 0 Å². The first-order valence-corrected chi connectivity index (χ1v) is 3.05. The van der Waals surface area contributed by atoms with E-state index in [2.05, 4.69) is 14.9 Å². The molecule has 0 aliphatic carbocycles. The van der Waals surface area contributed by atoms with Crippen LogP contribution in [0.1, 0.15) is 6.92 Å². The summed E-state index contributed by atoms with van der Waals surface area (Å²) in [6.45, 7) is 4.23. The molecule has 0 bridgehead atoms. The van der Waals surface area contributed by atoms with Gasteiger partial charge in [0.2, 0.25) is 0 Å². The third-order valence-electron chi connectivity index (χ3n) is 0.332. The summed E-state index contributed by atoms with van der Waals surface area (Å²) in [7, 11) is 0. The molecule has 0 aromatic rings. The van der Waals surface area contributed by atoms with Crippen molar-refractivity contribution in [1.82, 2.24) is 0 Å². The topological polar surface area (TPSA) is 52.6 Å². The predicted molar refractivity (Wildman–Crippen MR) is 38.3 cm³/mol. The van der Waals surface area contributed by atoms with E-state index in [-0.39, 0.29) is 18.9 Å². The Morgan fingerprint density at radius 3 is 2.50 bits per heavy atom. The van der Waals surface area contributed by atoms with Gasteiger partial charge in [0.15, 0.2) is 0 Å². The average Bonchev–Trinajstić information content (AvgIpc) is 1.63. The molecule has 0 radical (unpaired) electrons. The summed E-state index contributed by atoms with van der Waals surface area (Å²) in [5.41, 5.74) is 0. The van der Waals surface area contributed by atoms with Crippen LogP contribution in [0.4, 0.5) is 0 Å². The summed E-state index contributed by atoms with van der Waals surface area (Å²) in [5, 5.41) is 0. The summed E-state index contributed by atoms with van der Waals surface area (Å²) in [4.78, 5) is 10.00. The zero-order chi connectivity index (χ0) is 7.28. The molecular formula is C4H7LiO4S. The molecule has 0 saturated carbocycles. The monoisotopic (exact) mass is 158 g/mol. The van der Waals surface area contributed by atoms with Gasteiger partial charge in [0, 0.05) is 6.92 Å². The second-order valence-corrected chi connectivity index (χ2v) is 1.81. The predicted octanol–water partition coefficient (Wildman–Crippen LogP) is -0.360. The van der Waals surface area contributed by atoms with Crippen molar-refractivity contribution in [2.45, 2.75) is 6.92 Å². The molecule has 0 rings (SSSR count). The van der Waals surface area contributed by atoms with Crippen LogP contribution in [-0.2, 0) is 24.5 Å². The number of carbonyl (C=O) groups excluding carboxylic acids is 1. The molecule has 4 nitrogen and oxygen atoms in total. The fourth-order valence-electron chi connectivity index (χ4n) is 0.171.